The second-order valence-electron chi connectivity index (χ2n) is 6.64. The number of pyridine rings is 2. The highest BCUT2D eigenvalue weighted by Gasteiger charge is 2.21. The molecule has 1 saturated heterocycles. The average molecular weight is 423 g/mol. The summed E-state index contributed by atoms with van der Waals surface area (Å²) in [5, 5.41) is 7.36. The van der Waals surface area contributed by atoms with Gasteiger partial charge < -0.3 is 0 Å². The smallest absolute Gasteiger partial charge is 0.242 e. The van der Waals surface area contributed by atoms with Crippen LogP contribution in [0.3, 0.4) is 0 Å². The number of rotatable bonds is 4. The van der Waals surface area contributed by atoms with Gasteiger partial charge >= 0.3 is 0 Å². The monoisotopic (exact) mass is 422 g/mol. The van der Waals surface area contributed by atoms with E-state index in [0.29, 0.717) is 19.4 Å². The van der Waals surface area contributed by atoms with E-state index >= 15 is 0 Å². The minimum absolute atomic E-state index is 0.0728. The second kappa shape index (κ2) is 7.56. The number of hydrazone groups is 1. The van der Waals surface area contributed by atoms with Gasteiger partial charge in [0, 0.05) is 41.1 Å². The van der Waals surface area contributed by atoms with E-state index in [9.17, 15) is 4.79 Å². The molecule has 0 atom stereocenters. The Bertz CT molecular complexity index is 1050. The number of carbonyl (C=O) groups is 1. The summed E-state index contributed by atoms with van der Waals surface area (Å²) < 4.78 is 0.997. The number of aryl methyl sites for hydroxylation is 1. The normalized spacial score (nSPS) is 15.0. The van der Waals surface area contributed by atoms with Gasteiger partial charge in [-0.3, -0.25) is 14.8 Å². The van der Waals surface area contributed by atoms with Crippen molar-refractivity contribution >= 4 is 38.5 Å². The Balaban J connectivity index is 1.78. The van der Waals surface area contributed by atoms with Gasteiger partial charge in [-0.25, -0.2) is 5.01 Å². The van der Waals surface area contributed by atoms with Crippen LogP contribution >= 0.6 is 15.9 Å². The van der Waals surface area contributed by atoms with Crippen LogP contribution in [0.2, 0.25) is 0 Å². The maximum Gasteiger partial charge on any atom is 0.242 e. The zero-order valence-electron chi connectivity index (χ0n) is 15.0. The minimum atomic E-state index is 0.0728. The number of hydrogen-bond donors (Lipinski definition) is 0. The Morgan fingerprint density at radius 2 is 2.15 bits per heavy atom. The molecule has 3 heterocycles. The molecule has 0 aliphatic carbocycles. The van der Waals surface area contributed by atoms with Crippen molar-refractivity contribution in [1.29, 1.82) is 0 Å². The maximum absolute atomic E-state index is 12.1. The molecule has 5 nitrogen and oxygen atoms in total. The fraction of sp³-hybridized carbons (Fsp3) is 0.238. The minimum Gasteiger partial charge on any atom is -0.273 e. The third-order valence-electron chi connectivity index (χ3n) is 4.63. The Morgan fingerprint density at radius 3 is 2.93 bits per heavy atom. The summed E-state index contributed by atoms with van der Waals surface area (Å²) in [7, 11) is 0. The van der Waals surface area contributed by atoms with Gasteiger partial charge in [-0.15, -0.1) is 0 Å². The number of amides is 1. The predicted octanol–water partition coefficient (Wildman–Crippen LogP) is 4.27. The van der Waals surface area contributed by atoms with Crippen molar-refractivity contribution in [3.05, 3.63) is 70.1 Å². The lowest BCUT2D eigenvalue weighted by Gasteiger charge is -2.14. The third-order valence-corrected chi connectivity index (χ3v) is 5.12. The van der Waals surface area contributed by atoms with Gasteiger partial charge in [-0.05, 0) is 49.2 Å². The number of carbonyl (C=O) groups excluding carboxylic acids is 1. The first-order chi connectivity index (χ1) is 13.1. The van der Waals surface area contributed by atoms with Gasteiger partial charge in [0.05, 0.1) is 16.9 Å². The molecule has 3 aromatic rings. The Morgan fingerprint density at radius 1 is 1.26 bits per heavy atom. The standard InChI is InChI=1S/C21H19BrN4O/c1-14-4-2-5-18(24-14)20(25-26-11-3-6-21(26)27)12-15-9-10-23-19-13-16(22)7-8-17(15)19/h2,4-5,7-10,13H,3,6,11-12H2,1H3/b25-20-. The van der Waals surface area contributed by atoms with Gasteiger partial charge in [0.2, 0.25) is 5.91 Å². The van der Waals surface area contributed by atoms with Gasteiger partial charge in [0.25, 0.3) is 0 Å². The highest BCUT2D eigenvalue weighted by atomic mass is 79.9. The molecule has 0 saturated carbocycles. The molecule has 0 bridgehead atoms. The molecule has 6 heteroatoms. The number of fused-ring (bicyclic) bond motifs is 1. The molecule has 4 rings (SSSR count). The van der Waals surface area contributed by atoms with Crippen molar-refractivity contribution in [2.75, 3.05) is 6.54 Å². The number of nitrogens with zero attached hydrogens (tertiary/aromatic N) is 4. The summed E-state index contributed by atoms with van der Waals surface area (Å²) in [6.45, 7) is 2.62. The van der Waals surface area contributed by atoms with Crippen molar-refractivity contribution in [1.82, 2.24) is 15.0 Å². The van der Waals surface area contributed by atoms with Crippen molar-refractivity contribution in [3.8, 4) is 0 Å². The van der Waals surface area contributed by atoms with E-state index in [-0.39, 0.29) is 5.91 Å². The first-order valence-electron chi connectivity index (χ1n) is 8.95. The summed E-state index contributed by atoms with van der Waals surface area (Å²) in [6.07, 6.45) is 3.81. The van der Waals surface area contributed by atoms with Gasteiger partial charge in [0.15, 0.2) is 0 Å². The van der Waals surface area contributed by atoms with E-state index in [4.69, 9.17) is 5.10 Å². The first kappa shape index (κ1) is 17.8. The average Bonchev–Trinajstić information content (AvgIpc) is 3.06. The van der Waals surface area contributed by atoms with Crippen molar-refractivity contribution in [3.63, 3.8) is 0 Å². The number of halogens is 1. The highest BCUT2D eigenvalue weighted by Crippen LogP contribution is 2.23. The van der Waals surface area contributed by atoms with Crippen molar-refractivity contribution < 1.29 is 4.79 Å². The van der Waals surface area contributed by atoms with E-state index in [0.717, 1.165) is 44.5 Å². The quantitative estimate of drug-likeness (QED) is 0.589. The summed E-state index contributed by atoms with van der Waals surface area (Å²) in [5.74, 6) is 0.0728. The zero-order valence-corrected chi connectivity index (χ0v) is 16.6. The lowest BCUT2D eigenvalue weighted by Crippen LogP contribution is -2.22. The summed E-state index contributed by atoms with van der Waals surface area (Å²) in [6, 6.07) is 14.0. The molecule has 0 N–H and O–H groups in total. The van der Waals surface area contributed by atoms with Gasteiger partial charge in [-0.2, -0.15) is 5.10 Å². The summed E-state index contributed by atoms with van der Waals surface area (Å²) >= 11 is 3.50. The van der Waals surface area contributed by atoms with E-state index in [1.165, 1.54) is 0 Å². The molecular formula is C21H19BrN4O. The Hall–Kier alpha value is -2.60. The molecule has 1 aliphatic rings. The molecule has 1 aliphatic heterocycles. The van der Waals surface area contributed by atoms with Crippen LogP contribution in [0, 0.1) is 6.92 Å². The molecule has 27 heavy (non-hydrogen) atoms. The second-order valence-corrected chi connectivity index (χ2v) is 7.56. The van der Waals surface area contributed by atoms with Crippen molar-refractivity contribution in [2.24, 2.45) is 5.10 Å². The third kappa shape index (κ3) is 3.90. The van der Waals surface area contributed by atoms with Gasteiger partial charge in [-0.1, -0.05) is 28.1 Å². The molecule has 1 aromatic carbocycles. The van der Waals surface area contributed by atoms with Crippen LogP contribution in [-0.2, 0) is 11.2 Å². The fourth-order valence-corrected chi connectivity index (χ4v) is 3.63. The van der Waals surface area contributed by atoms with Crippen LogP contribution in [0.25, 0.3) is 10.9 Å². The van der Waals surface area contributed by atoms with E-state index in [1.54, 1.807) is 5.01 Å². The van der Waals surface area contributed by atoms with Crippen molar-refractivity contribution in [2.45, 2.75) is 26.2 Å². The Labute approximate surface area is 166 Å². The topological polar surface area (TPSA) is 58.5 Å². The van der Waals surface area contributed by atoms with Crippen LogP contribution in [-0.4, -0.2) is 33.1 Å². The highest BCUT2D eigenvalue weighted by molar-refractivity contribution is 9.10. The summed E-state index contributed by atoms with van der Waals surface area (Å²) in [5.41, 5.74) is 4.56. The predicted molar refractivity (Wildman–Crippen MR) is 110 cm³/mol. The van der Waals surface area contributed by atoms with E-state index in [1.807, 2.05) is 49.5 Å². The first-order valence-corrected chi connectivity index (χ1v) is 9.74. The van der Waals surface area contributed by atoms with E-state index in [2.05, 4.69) is 32.0 Å². The molecule has 2 aromatic heterocycles. The lowest BCUT2D eigenvalue weighted by molar-refractivity contribution is -0.127. The molecule has 136 valence electrons. The number of benzene rings is 1. The molecule has 0 unspecified atom stereocenters. The van der Waals surface area contributed by atoms with Crippen LogP contribution < -0.4 is 0 Å². The molecule has 0 radical (unpaired) electrons. The largest absolute Gasteiger partial charge is 0.273 e. The lowest BCUT2D eigenvalue weighted by atomic mass is 10.0. The zero-order chi connectivity index (χ0) is 18.8. The van der Waals surface area contributed by atoms with Gasteiger partial charge in [0.1, 0.15) is 0 Å². The fourth-order valence-electron chi connectivity index (χ4n) is 3.28. The summed E-state index contributed by atoms with van der Waals surface area (Å²) in [4.78, 5) is 21.2. The van der Waals surface area contributed by atoms with Crippen LogP contribution in [0.5, 0.6) is 0 Å². The molecule has 1 amide bonds. The maximum atomic E-state index is 12.1. The van der Waals surface area contributed by atoms with E-state index < -0.39 is 0 Å². The molecule has 0 spiro atoms. The number of hydrogen-bond acceptors (Lipinski definition) is 4. The SMILES string of the molecule is Cc1cccc(/C(Cc2ccnc3cc(Br)ccc23)=N\N2CCCC2=O)n1. The Kier molecular flexibility index (Phi) is 4.99. The molecular weight excluding hydrogens is 404 g/mol. The van der Waals surface area contributed by atoms with Crippen LogP contribution in [0.4, 0.5) is 0 Å². The molecule has 1 fully saturated rings. The van der Waals surface area contributed by atoms with Crippen LogP contribution in [0.15, 0.2) is 58.2 Å². The number of aromatic nitrogens is 2. The van der Waals surface area contributed by atoms with Crippen LogP contribution in [0.1, 0.15) is 29.8 Å².